The van der Waals surface area contributed by atoms with E-state index in [1.165, 1.54) is 0 Å². The molecule has 0 unspecified atom stereocenters. The number of rotatable bonds is 3. The van der Waals surface area contributed by atoms with E-state index in [0.717, 1.165) is 25.0 Å². The molecule has 2 heterocycles. The van der Waals surface area contributed by atoms with Gasteiger partial charge in [-0.05, 0) is 6.42 Å². The summed E-state index contributed by atoms with van der Waals surface area (Å²) in [5, 5.41) is 7.56. The average Bonchev–Trinajstić information content (AvgIpc) is 2.71. The van der Waals surface area contributed by atoms with Gasteiger partial charge in [-0.2, -0.15) is 0 Å². The number of unbranched alkanes of at least 4 members (excludes halogenated alkanes) is 1. The van der Waals surface area contributed by atoms with Crippen LogP contribution in [0.3, 0.4) is 0 Å². The lowest BCUT2D eigenvalue weighted by molar-refractivity contribution is 0.654. The van der Waals surface area contributed by atoms with E-state index in [1.807, 2.05) is 4.57 Å². The smallest absolute Gasteiger partial charge is 0.173 e. The molecular formula is C10H11N5. The second-order valence-electron chi connectivity index (χ2n) is 3.20. The van der Waals surface area contributed by atoms with Crippen molar-refractivity contribution in [3.05, 3.63) is 18.1 Å². The number of nitrogens with zero attached hydrogens (tertiary/aromatic N) is 3. The van der Waals surface area contributed by atoms with E-state index in [1.54, 1.807) is 12.7 Å². The number of aryl methyl sites for hydroxylation is 1. The maximum absolute atomic E-state index is 7.56. The summed E-state index contributed by atoms with van der Waals surface area (Å²) >= 11 is 0. The van der Waals surface area contributed by atoms with Crippen molar-refractivity contribution in [3.8, 4) is 12.3 Å². The molecule has 0 saturated carbocycles. The van der Waals surface area contributed by atoms with E-state index < -0.39 is 0 Å². The molecule has 0 saturated heterocycles. The summed E-state index contributed by atoms with van der Waals surface area (Å²) in [4.78, 5) is 11.0. The summed E-state index contributed by atoms with van der Waals surface area (Å²) in [7, 11) is 0. The molecule has 0 atom stereocenters. The van der Waals surface area contributed by atoms with Crippen LogP contribution in [0, 0.1) is 17.8 Å². The molecule has 0 aliphatic rings. The van der Waals surface area contributed by atoms with Crippen molar-refractivity contribution < 1.29 is 0 Å². The van der Waals surface area contributed by atoms with Crippen LogP contribution in [0.2, 0.25) is 0 Å². The van der Waals surface area contributed by atoms with Gasteiger partial charge in [-0.15, -0.1) is 12.3 Å². The van der Waals surface area contributed by atoms with Crippen LogP contribution in [0.5, 0.6) is 0 Å². The van der Waals surface area contributed by atoms with Gasteiger partial charge in [0, 0.05) is 13.0 Å². The number of H-pyrrole nitrogens is 1. The fourth-order valence-corrected chi connectivity index (χ4v) is 1.44. The van der Waals surface area contributed by atoms with Crippen molar-refractivity contribution in [3.63, 3.8) is 0 Å². The maximum Gasteiger partial charge on any atom is 0.173 e. The highest BCUT2D eigenvalue weighted by molar-refractivity contribution is 5.68. The summed E-state index contributed by atoms with van der Waals surface area (Å²) in [5.74, 6) is 2.59. The van der Waals surface area contributed by atoms with Crippen molar-refractivity contribution in [1.29, 1.82) is 5.41 Å². The number of imidazole rings is 1. The molecule has 0 aliphatic carbocycles. The monoisotopic (exact) mass is 201 g/mol. The SMILES string of the molecule is C#CCCCn1cnc(=N)c2[nH]cnc21. The van der Waals surface area contributed by atoms with Crippen LogP contribution in [0.1, 0.15) is 12.8 Å². The second kappa shape index (κ2) is 3.96. The molecule has 0 amide bonds. The fraction of sp³-hybridized carbons (Fsp3) is 0.300. The van der Waals surface area contributed by atoms with Crippen molar-refractivity contribution in [2.24, 2.45) is 0 Å². The van der Waals surface area contributed by atoms with E-state index in [0.29, 0.717) is 5.52 Å². The standard InChI is InChI=1S/C10H11N5/c1-2-3-4-5-15-7-14-9(11)8-10(15)13-6-12-8/h1,6-7,11H,3-5H2,(H,12,13). The molecule has 0 fully saturated rings. The summed E-state index contributed by atoms with van der Waals surface area (Å²) in [6.45, 7) is 0.777. The lowest BCUT2D eigenvalue weighted by Gasteiger charge is -2.04. The van der Waals surface area contributed by atoms with E-state index in [-0.39, 0.29) is 5.49 Å². The third-order valence-corrected chi connectivity index (χ3v) is 2.17. The van der Waals surface area contributed by atoms with Crippen molar-refractivity contribution in [1.82, 2.24) is 19.5 Å². The van der Waals surface area contributed by atoms with E-state index in [4.69, 9.17) is 11.8 Å². The Balaban J connectivity index is 2.36. The zero-order valence-electron chi connectivity index (χ0n) is 8.20. The lowest BCUT2D eigenvalue weighted by Crippen LogP contribution is -2.12. The largest absolute Gasteiger partial charge is 0.340 e. The Hall–Kier alpha value is -2.09. The predicted molar refractivity (Wildman–Crippen MR) is 55.8 cm³/mol. The first-order valence-corrected chi connectivity index (χ1v) is 4.69. The van der Waals surface area contributed by atoms with Gasteiger partial charge in [-0.1, -0.05) is 0 Å². The number of hydrogen-bond acceptors (Lipinski definition) is 3. The van der Waals surface area contributed by atoms with Gasteiger partial charge in [0.15, 0.2) is 11.1 Å². The molecule has 0 spiro atoms. The Morgan fingerprint density at radius 1 is 1.53 bits per heavy atom. The minimum absolute atomic E-state index is 0.218. The van der Waals surface area contributed by atoms with Crippen molar-refractivity contribution in [2.75, 3.05) is 0 Å². The van der Waals surface area contributed by atoms with Gasteiger partial charge < -0.3 is 9.55 Å². The molecule has 76 valence electrons. The van der Waals surface area contributed by atoms with Crippen LogP contribution in [0.4, 0.5) is 0 Å². The fourth-order valence-electron chi connectivity index (χ4n) is 1.44. The van der Waals surface area contributed by atoms with Crippen LogP contribution in [-0.2, 0) is 6.54 Å². The topological polar surface area (TPSA) is 70.3 Å². The zero-order chi connectivity index (χ0) is 10.7. The minimum atomic E-state index is 0.218. The van der Waals surface area contributed by atoms with Crippen LogP contribution < -0.4 is 5.49 Å². The lowest BCUT2D eigenvalue weighted by atomic mass is 10.3. The van der Waals surface area contributed by atoms with Crippen molar-refractivity contribution in [2.45, 2.75) is 19.4 Å². The molecule has 2 aromatic rings. The number of aromatic nitrogens is 4. The number of terminal acetylenes is 1. The van der Waals surface area contributed by atoms with Gasteiger partial charge in [-0.3, -0.25) is 5.41 Å². The first-order chi connectivity index (χ1) is 7.33. The van der Waals surface area contributed by atoms with Crippen molar-refractivity contribution >= 4 is 11.2 Å². The molecule has 5 nitrogen and oxygen atoms in total. The Bertz CT molecular complexity index is 557. The Kier molecular flexibility index (Phi) is 2.50. The Labute approximate surface area is 86.7 Å². The summed E-state index contributed by atoms with van der Waals surface area (Å²) in [6.07, 6.45) is 10.0. The third kappa shape index (κ3) is 1.74. The van der Waals surface area contributed by atoms with E-state index in [9.17, 15) is 0 Å². The first-order valence-electron chi connectivity index (χ1n) is 4.69. The van der Waals surface area contributed by atoms with Gasteiger partial charge in [0.2, 0.25) is 0 Å². The highest BCUT2D eigenvalue weighted by atomic mass is 15.1. The first kappa shape index (κ1) is 9.46. The molecule has 0 radical (unpaired) electrons. The molecule has 0 bridgehead atoms. The maximum atomic E-state index is 7.56. The van der Waals surface area contributed by atoms with Gasteiger partial charge >= 0.3 is 0 Å². The normalized spacial score (nSPS) is 10.3. The van der Waals surface area contributed by atoms with Gasteiger partial charge in [0.05, 0.1) is 12.7 Å². The zero-order valence-corrected chi connectivity index (χ0v) is 8.20. The van der Waals surface area contributed by atoms with E-state index >= 15 is 0 Å². The molecule has 2 rings (SSSR count). The third-order valence-electron chi connectivity index (χ3n) is 2.17. The van der Waals surface area contributed by atoms with Crippen LogP contribution in [0.25, 0.3) is 11.2 Å². The Morgan fingerprint density at radius 3 is 3.20 bits per heavy atom. The number of fused-ring (bicyclic) bond motifs is 1. The van der Waals surface area contributed by atoms with E-state index in [2.05, 4.69) is 20.9 Å². The summed E-state index contributed by atoms with van der Waals surface area (Å²) in [5.41, 5.74) is 1.64. The molecule has 0 aromatic carbocycles. The highest BCUT2D eigenvalue weighted by Crippen LogP contribution is 2.04. The molecule has 0 aliphatic heterocycles. The second-order valence-corrected chi connectivity index (χ2v) is 3.20. The van der Waals surface area contributed by atoms with Gasteiger partial charge in [-0.25, -0.2) is 9.97 Å². The molecular weight excluding hydrogens is 190 g/mol. The highest BCUT2D eigenvalue weighted by Gasteiger charge is 2.03. The minimum Gasteiger partial charge on any atom is -0.340 e. The molecule has 2 N–H and O–H groups in total. The summed E-state index contributed by atoms with van der Waals surface area (Å²) in [6, 6.07) is 0. The number of nitrogens with one attached hydrogen (secondary N) is 2. The van der Waals surface area contributed by atoms with Gasteiger partial charge in [0.1, 0.15) is 5.52 Å². The molecule has 2 aromatic heterocycles. The summed E-state index contributed by atoms with van der Waals surface area (Å²) < 4.78 is 1.90. The number of hydrogen-bond donors (Lipinski definition) is 2. The predicted octanol–water partition coefficient (Wildman–Crippen LogP) is 0.652. The average molecular weight is 201 g/mol. The van der Waals surface area contributed by atoms with Crippen LogP contribution in [-0.4, -0.2) is 19.5 Å². The van der Waals surface area contributed by atoms with Crippen LogP contribution >= 0.6 is 0 Å². The molecule has 5 heteroatoms. The quantitative estimate of drug-likeness (QED) is 0.565. The van der Waals surface area contributed by atoms with Crippen LogP contribution in [0.15, 0.2) is 12.7 Å². The van der Waals surface area contributed by atoms with Gasteiger partial charge in [0.25, 0.3) is 0 Å². The number of aromatic amines is 1. The Morgan fingerprint density at radius 2 is 2.40 bits per heavy atom. The molecule has 15 heavy (non-hydrogen) atoms.